The molecule has 0 unspecified atom stereocenters. The Morgan fingerprint density at radius 1 is 1.25 bits per heavy atom. The number of allylic oxidation sites excluding steroid dienone is 2. The van der Waals surface area contributed by atoms with Gasteiger partial charge in [0.05, 0.1) is 11.4 Å². The molecule has 4 rings (SSSR count). The van der Waals surface area contributed by atoms with Gasteiger partial charge in [0.15, 0.2) is 5.78 Å². The number of benzene rings is 2. The van der Waals surface area contributed by atoms with Gasteiger partial charge < -0.3 is 19.6 Å². The average Bonchev–Trinajstić information content (AvgIpc) is 3.00. The van der Waals surface area contributed by atoms with Crippen molar-refractivity contribution in [3.05, 3.63) is 61.0 Å². The molecule has 0 fully saturated rings. The minimum atomic E-state index is -0.125. The van der Waals surface area contributed by atoms with Crippen LogP contribution in [0.15, 0.2) is 48.2 Å². The topological polar surface area (TPSA) is 53.0 Å². The number of aliphatic hydroxyl groups excluding tert-OH is 1. The third-order valence-corrected chi connectivity index (χ3v) is 4.21. The fourth-order valence-electron chi connectivity index (χ4n) is 3.10. The van der Waals surface area contributed by atoms with E-state index in [0.717, 1.165) is 29.4 Å². The number of carbonyl (C=O) groups excluding carboxylic acids is 1. The van der Waals surface area contributed by atoms with E-state index >= 15 is 0 Å². The van der Waals surface area contributed by atoms with Crippen LogP contribution in [0.5, 0.6) is 11.5 Å². The number of para-hydroxylation sites is 2. The van der Waals surface area contributed by atoms with E-state index in [9.17, 15) is 4.79 Å². The molecule has 151 valence electrons. The van der Waals surface area contributed by atoms with Crippen LogP contribution in [0.3, 0.4) is 0 Å². The maximum absolute atomic E-state index is 10.0. The summed E-state index contributed by atoms with van der Waals surface area (Å²) in [5.41, 5.74) is 3.35. The molecule has 1 N–H and O–H groups in total. The van der Waals surface area contributed by atoms with E-state index < -0.39 is 0 Å². The normalized spacial score (nSPS) is 13.5. The third-order valence-electron chi connectivity index (χ3n) is 4.21. The smallest absolute Gasteiger partial charge is 0.155 e. The quantitative estimate of drug-likeness (QED) is 0.306. The Labute approximate surface area is 180 Å². The molecule has 0 spiro atoms. The number of rotatable bonds is 4. The standard InChI is InChI=1S/C17H16N2O.C5H8O2.Ir/c1-2-3-11-18-12-19-13-7-4-5-9-15(13)20-16-10-6-8-14(18)17(16)19;1-4(6)3-5(2)7;/h4-6,8-10,12H,2-3,11H2,1H3;3,6H,1-2H3;/q-2;;/b;4-3-;. The minimum absolute atomic E-state index is 0. The number of unbranched alkanes of at least 4 members (excludes halogenated alkanes) is 1. The summed E-state index contributed by atoms with van der Waals surface area (Å²) >= 11 is 0. The van der Waals surface area contributed by atoms with Crippen molar-refractivity contribution in [1.82, 2.24) is 0 Å². The van der Waals surface area contributed by atoms with Gasteiger partial charge in [0.2, 0.25) is 0 Å². The number of hydrogen-bond donors (Lipinski definition) is 1. The van der Waals surface area contributed by atoms with Crippen LogP contribution in [0.4, 0.5) is 17.1 Å². The maximum Gasteiger partial charge on any atom is 0.155 e. The number of ether oxygens (including phenoxy) is 1. The molecule has 0 saturated carbocycles. The molecule has 2 aromatic carbocycles. The van der Waals surface area contributed by atoms with Gasteiger partial charge in [-0.2, -0.15) is 24.9 Å². The monoisotopic (exact) mass is 557 g/mol. The number of hydrogen-bond acceptors (Lipinski definition) is 5. The van der Waals surface area contributed by atoms with Crippen LogP contribution in [0.2, 0.25) is 0 Å². The van der Waals surface area contributed by atoms with Crippen molar-refractivity contribution in [1.29, 1.82) is 0 Å². The predicted molar refractivity (Wildman–Crippen MR) is 108 cm³/mol. The zero-order valence-corrected chi connectivity index (χ0v) is 18.6. The predicted octanol–water partition coefficient (Wildman–Crippen LogP) is 5.50. The Bertz CT molecular complexity index is 863. The van der Waals surface area contributed by atoms with Crippen LogP contribution < -0.4 is 14.5 Å². The molecule has 0 aromatic heterocycles. The molecule has 0 bridgehead atoms. The van der Waals surface area contributed by atoms with Gasteiger partial charge in [-0.15, -0.1) is 6.07 Å². The molecule has 28 heavy (non-hydrogen) atoms. The van der Waals surface area contributed by atoms with Crippen molar-refractivity contribution >= 4 is 22.8 Å². The van der Waals surface area contributed by atoms with E-state index in [-0.39, 0.29) is 31.6 Å². The molecular weight excluding hydrogens is 532 g/mol. The average molecular weight is 557 g/mol. The molecule has 2 aromatic rings. The number of nitrogens with zero attached hydrogens (tertiary/aromatic N) is 2. The summed E-state index contributed by atoms with van der Waals surface area (Å²) in [5, 5.41) is 8.36. The summed E-state index contributed by atoms with van der Waals surface area (Å²) in [7, 11) is 0. The van der Waals surface area contributed by atoms with Crippen LogP contribution in [0, 0.1) is 12.7 Å². The summed E-state index contributed by atoms with van der Waals surface area (Å²) in [6.45, 7) is 8.27. The molecular formula is C22H24IrN2O3-2. The Morgan fingerprint density at radius 3 is 2.64 bits per heavy atom. The first kappa shape index (κ1) is 22.0. The first-order valence-electron chi connectivity index (χ1n) is 9.11. The van der Waals surface area contributed by atoms with Crippen LogP contribution >= 0.6 is 0 Å². The van der Waals surface area contributed by atoms with Gasteiger partial charge in [0.1, 0.15) is 5.75 Å². The van der Waals surface area contributed by atoms with Gasteiger partial charge in [0.25, 0.3) is 0 Å². The zero-order valence-electron chi connectivity index (χ0n) is 16.2. The summed E-state index contributed by atoms with van der Waals surface area (Å²) in [6, 6.07) is 15.4. The second-order valence-corrected chi connectivity index (χ2v) is 6.54. The van der Waals surface area contributed by atoms with Crippen molar-refractivity contribution in [3.8, 4) is 11.5 Å². The van der Waals surface area contributed by atoms with Gasteiger partial charge in [-0.05, 0) is 38.9 Å². The summed E-state index contributed by atoms with van der Waals surface area (Å²) in [5.74, 6) is 1.73. The largest absolute Gasteiger partial charge is 0.513 e. The first-order valence-corrected chi connectivity index (χ1v) is 9.11. The van der Waals surface area contributed by atoms with Gasteiger partial charge in [-0.3, -0.25) is 4.79 Å². The Kier molecular flexibility index (Phi) is 7.67. The minimum Gasteiger partial charge on any atom is -0.513 e. The zero-order chi connectivity index (χ0) is 19.4. The Balaban J connectivity index is 0.000000306. The molecule has 0 atom stereocenters. The van der Waals surface area contributed by atoms with Crippen molar-refractivity contribution in [3.63, 3.8) is 0 Å². The first-order chi connectivity index (χ1) is 13.0. The summed E-state index contributed by atoms with van der Waals surface area (Å²) < 4.78 is 6.00. The van der Waals surface area contributed by atoms with Gasteiger partial charge in [-0.1, -0.05) is 25.1 Å². The van der Waals surface area contributed by atoms with Gasteiger partial charge in [0, 0.05) is 37.6 Å². The van der Waals surface area contributed by atoms with Crippen LogP contribution in [-0.4, -0.2) is 17.4 Å². The molecule has 5 nitrogen and oxygen atoms in total. The maximum atomic E-state index is 10.0. The second-order valence-electron chi connectivity index (χ2n) is 6.54. The molecule has 2 heterocycles. The van der Waals surface area contributed by atoms with Gasteiger partial charge in [-0.25, -0.2) is 0 Å². The number of carbonyl (C=O) groups is 1. The number of ketones is 1. The van der Waals surface area contributed by atoms with E-state index in [1.165, 1.54) is 38.5 Å². The molecule has 2 aliphatic heterocycles. The molecule has 2 aliphatic rings. The molecule has 0 amide bonds. The van der Waals surface area contributed by atoms with Crippen molar-refractivity contribution in [2.45, 2.75) is 33.6 Å². The molecule has 1 radical (unpaired) electrons. The van der Waals surface area contributed by atoms with Crippen LogP contribution in [-0.2, 0) is 24.9 Å². The van der Waals surface area contributed by atoms with E-state index in [1.54, 1.807) is 0 Å². The van der Waals surface area contributed by atoms with Crippen LogP contribution in [0.25, 0.3) is 0 Å². The van der Waals surface area contributed by atoms with E-state index in [0.29, 0.717) is 0 Å². The molecule has 6 heteroatoms. The number of fused-ring (bicyclic) bond motifs is 2. The van der Waals surface area contributed by atoms with E-state index in [2.05, 4.69) is 41.6 Å². The molecule has 0 saturated heterocycles. The molecule has 0 aliphatic carbocycles. The number of anilines is 3. The van der Waals surface area contributed by atoms with Crippen molar-refractivity contribution in [2.24, 2.45) is 0 Å². The van der Waals surface area contributed by atoms with E-state index in [1.807, 2.05) is 24.3 Å². The van der Waals surface area contributed by atoms with Crippen molar-refractivity contribution in [2.75, 3.05) is 16.3 Å². The number of aliphatic hydroxyl groups is 1. The Morgan fingerprint density at radius 2 is 2.00 bits per heavy atom. The third kappa shape index (κ3) is 4.75. The second kappa shape index (κ2) is 9.76. The fourth-order valence-corrected chi connectivity index (χ4v) is 3.10. The SMILES string of the molecule is CC(=O)/C=C(/C)O.CCCCN1[CH-]N2c3[c-]cccc3Oc3cccc1c32.[Ir]. The van der Waals surface area contributed by atoms with Crippen molar-refractivity contribution < 1.29 is 34.7 Å². The van der Waals surface area contributed by atoms with E-state index in [4.69, 9.17) is 9.84 Å². The summed E-state index contributed by atoms with van der Waals surface area (Å²) in [6.07, 6.45) is 3.54. The fraction of sp³-hybridized carbons (Fsp3) is 0.273. The Hall–Kier alpha value is -2.30. The summed E-state index contributed by atoms with van der Waals surface area (Å²) in [4.78, 5) is 14.5. The van der Waals surface area contributed by atoms with Gasteiger partial charge >= 0.3 is 0 Å². The van der Waals surface area contributed by atoms with Crippen LogP contribution in [0.1, 0.15) is 33.6 Å².